The summed E-state index contributed by atoms with van der Waals surface area (Å²) >= 11 is 0. The van der Waals surface area contributed by atoms with Crippen LogP contribution in [0.4, 0.5) is 4.79 Å². The summed E-state index contributed by atoms with van der Waals surface area (Å²) in [5.74, 6) is 1.42. The van der Waals surface area contributed by atoms with Gasteiger partial charge in [-0.25, -0.2) is 14.8 Å². The highest BCUT2D eigenvalue weighted by Crippen LogP contribution is 2.36. The number of nitrogens with two attached hydrogens (primary N) is 1. The van der Waals surface area contributed by atoms with Gasteiger partial charge in [0, 0.05) is 43.4 Å². The van der Waals surface area contributed by atoms with E-state index in [1.807, 2.05) is 35.9 Å². The van der Waals surface area contributed by atoms with E-state index in [1.54, 1.807) is 6.20 Å². The molecule has 288 valence electrons. The first-order chi connectivity index (χ1) is 26.7. The van der Waals surface area contributed by atoms with Crippen molar-refractivity contribution in [3.8, 4) is 22.4 Å². The molecule has 4 atom stereocenters. The summed E-state index contributed by atoms with van der Waals surface area (Å²) in [4.78, 5) is 64.5. The first-order valence-electron chi connectivity index (χ1n) is 19.4. The Kier molecular flexibility index (Phi) is 10.3. The fourth-order valence-electron chi connectivity index (χ4n) is 8.37. The number of hydrogen-bond acceptors (Lipinski definition) is 9. The summed E-state index contributed by atoms with van der Waals surface area (Å²) in [5.41, 5.74) is 12.6. The van der Waals surface area contributed by atoms with Crippen molar-refractivity contribution in [2.24, 2.45) is 17.6 Å². The summed E-state index contributed by atoms with van der Waals surface area (Å²) < 4.78 is 10.4. The maximum atomic E-state index is 14.0. The van der Waals surface area contributed by atoms with Crippen LogP contribution in [0.1, 0.15) is 76.1 Å². The number of nitrogens with zero attached hydrogens (tertiary/aromatic N) is 5. The Morgan fingerprint density at radius 1 is 0.836 bits per heavy atom. The molecule has 6 heterocycles. The minimum atomic E-state index is -0.686. The molecule has 14 heteroatoms. The van der Waals surface area contributed by atoms with Crippen molar-refractivity contribution < 1.29 is 23.9 Å². The number of ether oxygens (including phenoxy) is 2. The summed E-state index contributed by atoms with van der Waals surface area (Å²) in [6.45, 7) is 6.35. The lowest BCUT2D eigenvalue weighted by Crippen LogP contribution is -2.53. The number of nitrogens with one attached hydrogen (secondary N) is 3. The van der Waals surface area contributed by atoms with Gasteiger partial charge >= 0.3 is 6.09 Å². The fourth-order valence-corrected chi connectivity index (χ4v) is 8.37. The number of carbonyl (C=O) groups is 3. The number of fused-ring (bicyclic) bond motifs is 2. The number of amides is 3. The quantitative estimate of drug-likeness (QED) is 0.148. The van der Waals surface area contributed by atoms with E-state index in [9.17, 15) is 14.4 Å². The molecule has 0 saturated carbocycles. The van der Waals surface area contributed by atoms with Gasteiger partial charge < -0.3 is 40.3 Å². The normalized spacial score (nSPS) is 20.4. The van der Waals surface area contributed by atoms with Crippen LogP contribution in [0.5, 0.6) is 0 Å². The number of imidazole rings is 2. The molecule has 5 N–H and O–H groups in total. The number of likely N-dealkylation sites (tertiary alicyclic amines) is 2. The monoisotopic (exact) mass is 747 g/mol. The minimum absolute atomic E-state index is 0.0171. The van der Waals surface area contributed by atoms with Crippen LogP contribution in [0.2, 0.25) is 0 Å². The minimum Gasteiger partial charge on any atom is -0.453 e. The molecule has 3 saturated heterocycles. The average molecular weight is 748 g/mol. The number of aromatic amines is 2. The van der Waals surface area contributed by atoms with Crippen LogP contribution in [0.3, 0.4) is 0 Å². The number of H-pyrrole nitrogens is 2. The van der Waals surface area contributed by atoms with Gasteiger partial charge in [-0.2, -0.15) is 0 Å². The van der Waals surface area contributed by atoms with Crippen molar-refractivity contribution >= 4 is 39.8 Å². The number of rotatable bonds is 9. The van der Waals surface area contributed by atoms with Gasteiger partial charge in [-0.1, -0.05) is 32.0 Å². The Labute approximate surface area is 319 Å². The number of benzene rings is 2. The van der Waals surface area contributed by atoms with Crippen LogP contribution < -0.4 is 11.1 Å². The molecule has 3 amide bonds. The van der Waals surface area contributed by atoms with Gasteiger partial charge in [0.2, 0.25) is 11.8 Å². The lowest BCUT2D eigenvalue weighted by atomic mass is 9.90. The third-order valence-corrected chi connectivity index (χ3v) is 11.6. The van der Waals surface area contributed by atoms with Crippen LogP contribution >= 0.6 is 0 Å². The number of aromatic nitrogens is 5. The standard InChI is InChI=1S/C41H49N9O5/c1-23(2)35(42)39(51)49-14-5-7-34(49)38-45-29-11-10-26(20-31(29)46-38)25-8-9-27-18-28(21-43-30(27)19-25)32-22-44-37(47-32)33-6-4-15-50(33)40(52)36(48-41(53)54-3)24-12-16-55-17-13-24/h8-11,18-24,33-36H,4-7,12-17,42H2,1-3H3,(H,44,47)(H,45,46)(H,48,53)/t33-,34-,35-,36-/m0/s1. The van der Waals surface area contributed by atoms with Gasteiger partial charge in [0.15, 0.2) is 0 Å². The molecular weight excluding hydrogens is 699 g/mol. The predicted molar refractivity (Wildman–Crippen MR) is 207 cm³/mol. The zero-order valence-electron chi connectivity index (χ0n) is 31.6. The number of hydrogen-bond donors (Lipinski definition) is 4. The van der Waals surface area contributed by atoms with E-state index in [4.69, 9.17) is 30.2 Å². The second-order valence-corrected chi connectivity index (χ2v) is 15.4. The lowest BCUT2D eigenvalue weighted by molar-refractivity contribution is -0.137. The molecule has 0 aliphatic carbocycles. The van der Waals surface area contributed by atoms with Crippen LogP contribution in [0, 0.1) is 11.8 Å². The van der Waals surface area contributed by atoms with E-state index in [0.29, 0.717) is 45.0 Å². The van der Waals surface area contributed by atoms with Crippen molar-refractivity contribution in [1.82, 2.24) is 40.0 Å². The Bertz CT molecular complexity index is 2210. The van der Waals surface area contributed by atoms with Crippen molar-refractivity contribution in [3.05, 3.63) is 66.5 Å². The summed E-state index contributed by atoms with van der Waals surface area (Å²) in [6.07, 6.45) is 7.80. The maximum Gasteiger partial charge on any atom is 0.407 e. The molecule has 5 aromatic rings. The van der Waals surface area contributed by atoms with Crippen LogP contribution in [-0.2, 0) is 19.1 Å². The predicted octanol–water partition coefficient (Wildman–Crippen LogP) is 5.63. The fraction of sp³-hybridized carbons (Fsp3) is 0.463. The van der Waals surface area contributed by atoms with Crippen molar-refractivity contribution in [2.45, 2.75) is 76.5 Å². The summed E-state index contributed by atoms with van der Waals surface area (Å²) in [7, 11) is 1.31. The molecule has 0 spiro atoms. The Morgan fingerprint density at radius 2 is 1.55 bits per heavy atom. The van der Waals surface area contributed by atoms with Crippen LogP contribution in [-0.4, -0.2) is 98.1 Å². The van der Waals surface area contributed by atoms with Crippen molar-refractivity contribution in [1.29, 1.82) is 0 Å². The van der Waals surface area contributed by atoms with Gasteiger partial charge in [0.1, 0.15) is 17.7 Å². The zero-order valence-corrected chi connectivity index (χ0v) is 31.6. The molecule has 2 aromatic carbocycles. The molecule has 3 aliphatic rings. The Morgan fingerprint density at radius 3 is 2.29 bits per heavy atom. The van der Waals surface area contributed by atoms with Gasteiger partial charge in [-0.05, 0) is 85.8 Å². The number of alkyl carbamates (subject to hydrolysis) is 1. The van der Waals surface area contributed by atoms with Crippen molar-refractivity contribution in [3.63, 3.8) is 0 Å². The van der Waals surface area contributed by atoms with Crippen LogP contribution in [0.15, 0.2) is 54.9 Å². The maximum absolute atomic E-state index is 14.0. The Balaban J connectivity index is 0.986. The number of methoxy groups -OCH3 is 1. The molecule has 3 fully saturated rings. The summed E-state index contributed by atoms with van der Waals surface area (Å²) in [5, 5.41) is 3.80. The van der Waals surface area contributed by atoms with Gasteiger partial charge in [0.05, 0.1) is 53.7 Å². The molecule has 0 unspecified atom stereocenters. The molecular formula is C41H49N9O5. The highest BCUT2D eigenvalue weighted by Gasteiger charge is 2.40. The smallest absolute Gasteiger partial charge is 0.407 e. The Hall–Kier alpha value is -5.34. The summed E-state index contributed by atoms with van der Waals surface area (Å²) in [6, 6.07) is 13.0. The van der Waals surface area contributed by atoms with Crippen LogP contribution in [0.25, 0.3) is 44.3 Å². The highest BCUT2D eigenvalue weighted by atomic mass is 16.5. The first-order valence-corrected chi connectivity index (χ1v) is 19.4. The van der Waals surface area contributed by atoms with E-state index in [0.717, 1.165) is 75.8 Å². The number of carbonyl (C=O) groups excluding carboxylic acids is 3. The second-order valence-electron chi connectivity index (χ2n) is 15.4. The molecule has 0 bridgehead atoms. The van der Waals surface area contributed by atoms with Gasteiger partial charge in [0.25, 0.3) is 0 Å². The third kappa shape index (κ3) is 7.28. The van der Waals surface area contributed by atoms with E-state index >= 15 is 0 Å². The molecule has 8 rings (SSSR count). The average Bonchev–Trinajstić information content (AvgIpc) is 4.05. The largest absolute Gasteiger partial charge is 0.453 e. The zero-order chi connectivity index (χ0) is 38.2. The van der Waals surface area contributed by atoms with E-state index < -0.39 is 18.2 Å². The lowest BCUT2D eigenvalue weighted by Gasteiger charge is -2.34. The van der Waals surface area contributed by atoms with E-state index in [-0.39, 0.29) is 35.7 Å². The SMILES string of the molecule is COC(=O)N[C@H](C(=O)N1CCC[C@H]1c1ncc(-c2cnc3cc(-c4ccc5nc([C@@H]6CCCN6C(=O)[C@@H](N)C(C)C)[nH]c5c4)ccc3c2)[nH]1)C1CCOCC1. The molecule has 14 nitrogen and oxygen atoms in total. The van der Waals surface area contributed by atoms with Gasteiger partial charge in [-0.15, -0.1) is 0 Å². The first kappa shape index (κ1) is 36.6. The molecule has 0 radical (unpaired) electrons. The molecule has 55 heavy (non-hydrogen) atoms. The molecule has 3 aromatic heterocycles. The van der Waals surface area contributed by atoms with Gasteiger partial charge in [-0.3, -0.25) is 14.6 Å². The second kappa shape index (κ2) is 15.4. The van der Waals surface area contributed by atoms with Crippen molar-refractivity contribution in [2.75, 3.05) is 33.4 Å². The van der Waals surface area contributed by atoms with E-state index in [1.165, 1.54) is 7.11 Å². The van der Waals surface area contributed by atoms with E-state index in [2.05, 4.69) is 51.7 Å². The molecule has 3 aliphatic heterocycles. The number of pyridine rings is 1. The topological polar surface area (TPSA) is 184 Å². The highest BCUT2D eigenvalue weighted by molar-refractivity contribution is 5.90. The third-order valence-electron chi connectivity index (χ3n) is 11.6.